The fraction of sp³-hybridized carbons (Fsp3) is 0.273. The van der Waals surface area contributed by atoms with Crippen LogP contribution in [0.5, 0.6) is 0 Å². The van der Waals surface area contributed by atoms with E-state index in [9.17, 15) is 4.79 Å². The van der Waals surface area contributed by atoms with Crippen molar-refractivity contribution >= 4 is 38.3 Å². The number of aromatic nitrogens is 1. The fourth-order valence-electron chi connectivity index (χ4n) is 1.42. The predicted molar refractivity (Wildman–Crippen MR) is 69.1 cm³/mol. The number of esters is 1. The Morgan fingerprint density at radius 1 is 1.59 bits per heavy atom. The summed E-state index contributed by atoms with van der Waals surface area (Å²) >= 11 is 1.46. The Labute approximate surface area is 103 Å². The van der Waals surface area contributed by atoms with Gasteiger partial charge in [-0.1, -0.05) is 11.3 Å². The van der Waals surface area contributed by atoms with Crippen molar-refractivity contribution in [2.24, 2.45) is 0 Å². The van der Waals surface area contributed by atoms with Crippen molar-refractivity contribution in [2.45, 2.75) is 13.0 Å². The van der Waals surface area contributed by atoms with Crippen LogP contribution < -0.4 is 11.1 Å². The number of rotatable bonds is 3. The molecule has 2 rings (SSSR count). The summed E-state index contributed by atoms with van der Waals surface area (Å²) in [6, 6.07) is 5.10. The number of benzene rings is 1. The quantitative estimate of drug-likeness (QED) is 0.643. The lowest BCUT2D eigenvalue weighted by molar-refractivity contribution is -0.141. The van der Waals surface area contributed by atoms with Crippen LogP contribution in [0.3, 0.4) is 0 Å². The molecule has 1 aromatic carbocycles. The standard InChI is InChI=1S/C11H13N3O2S/c1-6(10(15)16-2)13-11-14-8-4-3-7(12)5-9(8)17-11/h3-6H,12H2,1-2H3,(H,13,14). The van der Waals surface area contributed by atoms with Crippen LogP contribution in [0.4, 0.5) is 10.8 Å². The minimum Gasteiger partial charge on any atom is -0.467 e. The minimum absolute atomic E-state index is 0.316. The lowest BCUT2D eigenvalue weighted by Gasteiger charge is -2.09. The first kappa shape index (κ1) is 11.7. The maximum Gasteiger partial charge on any atom is 0.328 e. The summed E-state index contributed by atoms with van der Waals surface area (Å²) in [6.07, 6.45) is 0. The van der Waals surface area contributed by atoms with E-state index in [2.05, 4.69) is 15.0 Å². The topological polar surface area (TPSA) is 77.2 Å². The summed E-state index contributed by atoms with van der Waals surface area (Å²) in [5.41, 5.74) is 7.26. The number of hydrogen-bond donors (Lipinski definition) is 2. The lowest BCUT2D eigenvalue weighted by atomic mass is 10.3. The smallest absolute Gasteiger partial charge is 0.328 e. The Bertz CT molecular complexity index is 553. The summed E-state index contributed by atoms with van der Waals surface area (Å²) < 4.78 is 5.62. The summed E-state index contributed by atoms with van der Waals surface area (Å²) in [4.78, 5) is 15.6. The molecule has 3 N–H and O–H groups in total. The Hall–Kier alpha value is -1.82. The van der Waals surface area contributed by atoms with E-state index in [1.165, 1.54) is 18.4 Å². The molecule has 0 saturated heterocycles. The van der Waals surface area contributed by atoms with Crippen LogP contribution in [0.2, 0.25) is 0 Å². The molecule has 17 heavy (non-hydrogen) atoms. The summed E-state index contributed by atoms with van der Waals surface area (Å²) in [5.74, 6) is -0.316. The lowest BCUT2D eigenvalue weighted by Crippen LogP contribution is -2.26. The zero-order valence-electron chi connectivity index (χ0n) is 9.56. The van der Waals surface area contributed by atoms with E-state index >= 15 is 0 Å². The van der Waals surface area contributed by atoms with Crippen molar-refractivity contribution < 1.29 is 9.53 Å². The summed E-state index contributed by atoms with van der Waals surface area (Å²) in [7, 11) is 1.36. The highest BCUT2D eigenvalue weighted by Gasteiger charge is 2.14. The molecule has 1 heterocycles. The number of nitrogens with two attached hydrogens (primary N) is 1. The van der Waals surface area contributed by atoms with E-state index < -0.39 is 6.04 Å². The van der Waals surface area contributed by atoms with Crippen molar-refractivity contribution in [3.8, 4) is 0 Å². The van der Waals surface area contributed by atoms with Crippen LogP contribution in [0.1, 0.15) is 6.92 Å². The number of fused-ring (bicyclic) bond motifs is 1. The van der Waals surface area contributed by atoms with Gasteiger partial charge in [0.2, 0.25) is 0 Å². The first-order valence-electron chi connectivity index (χ1n) is 5.10. The van der Waals surface area contributed by atoms with E-state index in [1.807, 2.05) is 12.1 Å². The Balaban J connectivity index is 2.22. The van der Waals surface area contributed by atoms with Crippen molar-refractivity contribution in [2.75, 3.05) is 18.2 Å². The number of carbonyl (C=O) groups is 1. The van der Waals surface area contributed by atoms with Crippen LogP contribution in [0, 0.1) is 0 Å². The molecule has 1 unspecified atom stereocenters. The molecule has 0 fully saturated rings. The molecule has 0 aliphatic rings. The fourth-order valence-corrected chi connectivity index (χ4v) is 2.43. The largest absolute Gasteiger partial charge is 0.467 e. The molecule has 0 spiro atoms. The second-order valence-electron chi connectivity index (χ2n) is 3.64. The second-order valence-corrected chi connectivity index (χ2v) is 4.67. The Morgan fingerprint density at radius 2 is 2.35 bits per heavy atom. The van der Waals surface area contributed by atoms with Crippen LogP contribution in [-0.4, -0.2) is 24.1 Å². The maximum absolute atomic E-state index is 11.3. The first-order valence-corrected chi connectivity index (χ1v) is 5.92. The Morgan fingerprint density at radius 3 is 3.06 bits per heavy atom. The Kier molecular flexibility index (Phi) is 3.14. The highest BCUT2D eigenvalue weighted by molar-refractivity contribution is 7.22. The predicted octanol–water partition coefficient (Wildman–Crippen LogP) is 1.85. The monoisotopic (exact) mass is 251 g/mol. The molecular formula is C11H13N3O2S. The van der Waals surface area contributed by atoms with Gasteiger partial charge in [0.25, 0.3) is 0 Å². The van der Waals surface area contributed by atoms with Crippen molar-refractivity contribution in [3.63, 3.8) is 0 Å². The third-order valence-corrected chi connectivity index (χ3v) is 3.26. The minimum atomic E-state index is -0.419. The van der Waals surface area contributed by atoms with Gasteiger partial charge in [-0.3, -0.25) is 0 Å². The number of thiazole rings is 1. The van der Waals surface area contributed by atoms with Crippen LogP contribution >= 0.6 is 11.3 Å². The number of anilines is 2. The van der Waals surface area contributed by atoms with E-state index in [-0.39, 0.29) is 5.97 Å². The van der Waals surface area contributed by atoms with Crippen LogP contribution in [0.15, 0.2) is 18.2 Å². The molecule has 0 radical (unpaired) electrons. The van der Waals surface area contributed by atoms with Crippen molar-refractivity contribution in [3.05, 3.63) is 18.2 Å². The van der Waals surface area contributed by atoms with Crippen LogP contribution in [0.25, 0.3) is 10.2 Å². The number of nitrogens with one attached hydrogen (secondary N) is 1. The molecule has 0 bridgehead atoms. The molecule has 2 aromatic rings. The number of methoxy groups -OCH3 is 1. The molecule has 1 aromatic heterocycles. The number of ether oxygens (including phenoxy) is 1. The van der Waals surface area contributed by atoms with Gasteiger partial charge in [-0.2, -0.15) is 0 Å². The average Bonchev–Trinajstić information content (AvgIpc) is 2.69. The van der Waals surface area contributed by atoms with Crippen molar-refractivity contribution in [1.82, 2.24) is 4.98 Å². The molecule has 0 amide bonds. The van der Waals surface area contributed by atoms with Gasteiger partial charge in [0.05, 0.1) is 17.3 Å². The van der Waals surface area contributed by atoms with E-state index in [0.717, 1.165) is 10.2 Å². The van der Waals surface area contributed by atoms with E-state index in [4.69, 9.17) is 5.73 Å². The van der Waals surface area contributed by atoms with Gasteiger partial charge in [-0.25, -0.2) is 9.78 Å². The van der Waals surface area contributed by atoms with Gasteiger partial charge in [0.15, 0.2) is 5.13 Å². The number of hydrogen-bond acceptors (Lipinski definition) is 6. The molecule has 0 aliphatic carbocycles. The molecule has 1 atom stereocenters. The average molecular weight is 251 g/mol. The van der Waals surface area contributed by atoms with Gasteiger partial charge < -0.3 is 15.8 Å². The summed E-state index contributed by atoms with van der Waals surface area (Å²) in [6.45, 7) is 1.73. The highest BCUT2D eigenvalue weighted by Crippen LogP contribution is 2.27. The number of nitrogen functional groups attached to an aromatic ring is 1. The molecular weight excluding hydrogens is 238 g/mol. The van der Waals surface area contributed by atoms with Gasteiger partial charge in [-0.15, -0.1) is 0 Å². The van der Waals surface area contributed by atoms with Gasteiger partial charge in [-0.05, 0) is 25.1 Å². The van der Waals surface area contributed by atoms with E-state index in [1.54, 1.807) is 13.0 Å². The van der Waals surface area contributed by atoms with Crippen LogP contribution in [-0.2, 0) is 9.53 Å². The molecule has 90 valence electrons. The van der Waals surface area contributed by atoms with Gasteiger partial charge in [0, 0.05) is 5.69 Å². The van der Waals surface area contributed by atoms with E-state index in [0.29, 0.717) is 10.8 Å². The highest BCUT2D eigenvalue weighted by atomic mass is 32.1. The number of nitrogens with zero attached hydrogens (tertiary/aromatic N) is 1. The zero-order valence-corrected chi connectivity index (χ0v) is 10.4. The molecule has 0 saturated carbocycles. The molecule has 0 aliphatic heterocycles. The normalized spacial score (nSPS) is 12.4. The maximum atomic E-state index is 11.3. The third kappa shape index (κ3) is 2.47. The molecule has 6 heteroatoms. The summed E-state index contributed by atoms with van der Waals surface area (Å²) in [5, 5.41) is 3.68. The first-order chi connectivity index (χ1) is 8.10. The zero-order chi connectivity index (χ0) is 12.4. The van der Waals surface area contributed by atoms with Gasteiger partial charge in [0.1, 0.15) is 6.04 Å². The SMILES string of the molecule is COC(=O)C(C)Nc1nc2ccc(N)cc2s1. The van der Waals surface area contributed by atoms with Crippen molar-refractivity contribution in [1.29, 1.82) is 0 Å². The second kappa shape index (κ2) is 4.58. The third-order valence-electron chi connectivity index (χ3n) is 2.31. The van der Waals surface area contributed by atoms with Gasteiger partial charge >= 0.3 is 5.97 Å². The number of carbonyl (C=O) groups excluding carboxylic acids is 1. The molecule has 5 nitrogen and oxygen atoms in total.